The van der Waals surface area contributed by atoms with Crippen molar-refractivity contribution in [2.45, 2.75) is 23.3 Å². The van der Waals surface area contributed by atoms with Crippen LogP contribution in [0.15, 0.2) is 64.8 Å². The molecule has 0 aliphatic rings. The highest BCUT2D eigenvalue weighted by Crippen LogP contribution is 2.30. The summed E-state index contributed by atoms with van der Waals surface area (Å²) >= 11 is 1.48. The van der Waals surface area contributed by atoms with Gasteiger partial charge in [0.15, 0.2) is 0 Å². The lowest BCUT2D eigenvalue weighted by atomic mass is 10.1. The molecule has 0 saturated carbocycles. The average Bonchev–Trinajstić information content (AvgIpc) is 3.12. The van der Waals surface area contributed by atoms with Gasteiger partial charge in [0.2, 0.25) is 6.41 Å². The molecular formula is C19H19ClFN3O3S2. The number of carbonyl (C=O) groups is 1. The van der Waals surface area contributed by atoms with E-state index in [1.807, 2.05) is 6.92 Å². The third-order valence-electron chi connectivity index (χ3n) is 3.94. The Morgan fingerprint density at radius 3 is 2.69 bits per heavy atom. The summed E-state index contributed by atoms with van der Waals surface area (Å²) < 4.78 is 42.0. The van der Waals surface area contributed by atoms with Gasteiger partial charge in [-0.15, -0.1) is 24.2 Å². The fourth-order valence-corrected chi connectivity index (χ4v) is 4.85. The second-order valence-corrected chi connectivity index (χ2v) is 8.95. The number of nitrogens with one attached hydrogen (secondary N) is 1. The van der Waals surface area contributed by atoms with Crippen molar-refractivity contribution in [3.05, 3.63) is 66.4 Å². The molecule has 0 aliphatic heterocycles. The average molecular weight is 456 g/mol. The molecule has 29 heavy (non-hydrogen) atoms. The second-order valence-electron chi connectivity index (χ2n) is 5.80. The molecule has 154 valence electrons. The summed E-state index contributed by atoms with van der Waals surface area (Å²) in [6.45, 7) is 2.08. The predicted octanol–water partition coefficient (Wildman–Crippen LogP) is 3.71. The molecule has 6 nitrogen and oxygen atoms in total. The summed E-state index contributed by atoms with van der Waals surface area (Å²) in [4.78, 5) is 15.4. The van der Waals surface area contributed by atoms with E-state index in [1.54, 1.807) is 24.4 Å². The number of rotatable bonds is 8. The van der Waals surface area contributed by atoms with Gasteiger partial charge in [-0.25, -0.2) is 16.8 Å². The number of nitrogens with zero attached hydrogens (tertiary/aromatic N) is 2. The summed E-state index contributed by atoms with van der Waals surface area (Å²) in [5.41, 5.74) is 0.853. The molecule has 3 rings (SSSR count). The summed E-state index contributed by atoms with van der Waals surface area (Å²) in [6, 6.07) is 9.03. The lowest BCUT2D eigenvalue weighted by Crippen LogP contribution is -2.14. The van der Waals surface area contributed by atoms with E-state index in [-0.39, 0.29) is 35.1 Å². The van der Waals surface area contributed by atoms with Gasteiger partial charge >= 0.3 is 0 Å². The third-order valence-corrected chi connectivity index (χ3v) is 6.42. The third kappa shape index (κ3) is 4.98. The Kier molecular flexibility index (Phi) is 7.83. The Labute approximate surface area is 179 Å². The molecule has 1 amide bonds. The number of pyridine rings is 1. The van der Waals surface area contributed by atoms with Crippen LogP contribution in [0.2, 0.25) is 0 Å². The Balaban J connectivity index is 0.00000300. The first-order valence-electron chi connectivity index (χ1n) is 8.44. The van der Waals surface area contributed by atoms with Crippen LogP contribution in [0.25, 0.3) is 11.3 Å². The van der Waals surface area contributed by atoms with E-state index in [2.05, 4.69) is 10.3 Å². The fourth-order valence-electron chi connectivity index (χ4n) is 2.72. The van der Waals surface area contributed by atoms with Gasteiger partial charge in [-0.1, -0.05) is 19.1 Å². The zero-order valence-electron chi connectivity index (χ0n) is 15.4. The number of amides is 1. The Bertz CT molecular complexity index is 1100. The lowest BCUT2D eigenvalue weighted by Gasteiger charge is -2.11. The van der Waals surface area contributed by atoms with E-state index in [0.29, 0.717) is 12.0 Å². The number of hydrogen-bond acceptors (Lipinski definition) is 5. The van der Waals surface area contributed by atoms with Crippen molar-refractivity contribution < 1.29 is 17.6 Å². The Hall–Kier alpha value is -2.36. The minimum Gasteiger partial charge on any atom is -0.355 e. The van der Waals surface area contributed by atoms with Gasteiger partial charge in [0.25, 0.3) is 10.0 Å². The maximum Gasteiger partial charge on any atom is 0.269 e. The first-order chi connectivity index (χ1) is 13.5. The molecule has 0 radical (unpaired) electrons. The molecule has 1 aromatic carbocycles. The van der Waals surface area contributed by atoms with E-state index in [0.717, 1.165) is 14.6 Å². The number of thioether (sulfide) groups is 1. The zero-order valence-corrected chi connectivity index (χ0v) is 17.9. The first kappa shape index (κ1) is 22.9. The van der Waals surface area contributed by atoms with E-state index in [4.69, 9.17) is 0 Å². The number of halogens is 2. The van der Waals surface area contributed by atoms with Gasteiger partial charge in [-0.2, -0.15) is 0 Å². The smallest absolute Gasteiger partial charge is 0.269 e. The van der Waals surface area contributed by atoms with Crippen LogP contribution < -0.4 is 5.32 Å². The van der Waals surface area contributed by atoms with Gasteiger partial charge < -0.3 is 5.32 Å². The minimum atomic E-state index is -4.02. The molecule has 1 N–H and O–H groups in total. The summed E-state index contributed by atoms with van der Waals surface area (Å²) in [5, 5.41) is 2.49. The molecule has 0 saturated heterocycles. The summed E-state index contributed by atoms with van der Waals surface area (Å²) in [6.07, 6.45) is 4.76. The first-order valence-corrected chi connectivity index (χ1v) is 10.9. The number of aromatic nitrogens is 2. The van der Waals surface area contributed by atoms with Gasteiger partial charge in [0.05, 0.1) is 5.69 Å². The van der Waals surface area contributed by atoms with Crippen LogP contribution in [0.1, 0.15) is 12.5 Å². The maximum atomic E-state index is 14.4. The molecule has 3 aromatic rings. The van der Waals surface area contributed by atoms with Crippen LogP contribution in [0.3, 0.4) is 0 Å². The quantitative estimate of drug-likeness (QED) is 0.413. The Morgan fingerprint density at radius 1 is 1.24 bits per heavy atom. The highest BCUT2D eigenvalue weighted by atomic mass is 35.5. The van der Waals surface area contributed by atoms with Crippen LogP contribution >= 0.6 is 24.2 Å². The molecule has 0 unspecified atom stereocenters. The van der Waals surface area contributed by atoms with Crippen molar-refractivity contribution in [1.29, 1.82) is 0 Å². The largest absolute Gasteiger partial charge is 0.355 e. The summed E-state index contributed by atoms with van der Waals surface area (Å²) in [7, 11) is -4.02. The van der Waals surface area contributed by atoms with E-state index in [1.165, 1.54) is 42.4 Å². The number of hydrogen-bond donors (Lipinski definition) is 1. The molecular weight excluding hydrogens is 437 g/mol. The topological polar surface area (TPSA) is 81.1 Å². The van der Waals surface area contributed by atoms with Crippen molar-refractivity contribution >= 4 is 40.6 Å². The standard InChI is InChI=1S/C19H18FN3O3S2.ClH/c1-2-27-15-8-16(11-21-10-15)28(25,26)23-12-14(9-22-13-24)7-19(23)17-5-3-4-6-18(17)20;/h3-8,10-13H,2,9H2,1H3,(H,22,24);1H. The van der Waals surface area contributed by atoms with Gasteiger partial charge in [0.1, 0.15) is 10.7 Å². The van der Waals surface area contributed by atoms with Gasteiger partial charge in [-0.05, 0) is 35.6 Å². The second kappa shape index (κ2) is 9.91. The molecule has 2 heterocycles. The maximum absolute atomic E-state index is 14.4. The van der Waals surface area contributed by atoms with Crippen molar-refractivity contribution in [3.8, 4) is 11.3 Å². The Morgan fingerprint density at radius 2 is 2.00 bits per heavy atom. The molecule has 0 aliphatic carbocycles. The number of benzene rings is 1. The monoisotopic (exact) mass is 455 g/mol. The van der Waals surface area contributed by atoms with Crippen molar-refractivity contribution in [1.82, 2.24) is 14.3 Å². The van der Waals surface area contributed by atoms with E-state index < -0.39 is 15.8 Å². The number of carbonyl (C=O) groups excluding carboxylic acids is 1. The SMILES string of the molecule is CCSc1cncc(S(=O)(=O)n2cc(CNC=O)cc2-c2ccccc2F)c1.Cl. The van der Waals surface area contributed by atoms with Crippen LogP contribution in [0, 0.1) is 5.82 Å². The fraction of sp³-hybridized carbons (Fsp3) is 0.158. The van der Waals surface area contributed by atoms with E-state index >= 15 is 0 Å². The molecule has 10 heteroatoms. The van der Waals surface area contributed by atoms with Crippen molar-refractivity contribution in [2.75, 3.05) is 5.75 Å². The molecule has 0 fully saturated rings. The predicted molar refractivity (Wildman–Crippen MR) is 113 cm³/mol. The minimum absolute atomic E-state index is 0. The van der Waals surface area contributed by atoms with Gasteiger partial charge in [0, 0.05) is 35.6 Å². The van der Waals surface area contributed by atoms with Crippen LogP contribution in [-0.4, -0.2) is 29.5 Å². The molecule has 0 atom stereocenters. The van der Waals surface area contributed by atoms with Crippen molar-refractivity contribution in [3.63, 3.8) is 0 Å². The lowest BCUT2D eigenvalue weighted by molar-refractivity contribution is -0.109. The highest BCUT2D eigenvalue weighted by Gasteiger charge is 2.24. The van der Waals surface area contributed by atoms with E-state index in [9.17, 15) is 17.6 Å². The van der Waals surface area contributed by atoms with Crippen LogP contribution in [0.4, 0.5) is 4.39 Å². The molecule has 0 spiro atoms. The highest BCUT2D eigenvalue weighted by molar-refractivity contribution is 7.99. The van der Waals surface area contributed by atoms with Crippen LogP contribution in [0.5, 0.6) is 0 Å². The summed E-state index contributed by atoms with van der Waals surface area (Å²) in [5.74, 6) is 0.233. The van der Waals surface area contributed by atoms with Crippen molar-refractivity contribution in [2.24, 2.45) is 0 Å². The van der Waals surface area contributed by atoms with Crippen LogP contribution in [-0.2, 0) is 21.4 Å². The normalized spacial score (nSPS) is 11.0. The molecule has 0 bridgehead atoms. The van der Waals surface area contributed by atoms with Gasteiger partial charge in [-0.3, -0.25) is 9.78 Å². The molecule has 2 aromatic heterocycles. The zero-order chi connectivity index (χ0) is 20.1.